The number of ether oxygens (including phenoxy) is 1. The molecular formula is C13H10BCl2FO3. The number of benzene rings is 2. The molecule has 2 N–H and O–H groups in total. The maximum atomic E-state index is 13.5. The lowest BCUT2D eigenvalue weighted by Gasteiger charge is -2.09. The summed E-state index contributed by atoms with van der Waals surface area (Å²) in [5.41, 5.74) is 0.581. The van der Waals surface area contributed by atoms with Crippen LogP contribution in [0, 0.1) is 5.82 Å². The van der Waals surface area contributed by atoms with Gasteiger partial charge in [0.15, 0.2) is 0 Å². The van der Waals surface area contributed by atoms with Crippen molar-refractivity contribution in [2.24, 2.45) is 0 Å². The van der Waals surface area contributed by atoms with Crippen LogP contribution in [0.4, 0.5) is 4.39 Å². The zero-order chi connectivity index (χ0) is 14.7. The van der Waals surface area contributed by atoms with Gasteiger partial charge in [-0.2, -0.15) is 0 Å². The lowest BCUT2D eigenvalue weighted by molar-refractivity contribution is 0.304. The predicted molar refractivity (Wildman–Crippen MR) is 77.0 cm³/mol. The maximum absolute atomic E-state index is 13.5. The Balaban J connectivity index is 2.07. The molecule has 0 aliphatic heterocycles. The normalized spacial score (nSPS) is 10.4. The van der Waals surface area contributed by atoms with E-state index in [1.165, 1.54) is 12.1 Å². The van der Waals surface area contributed by atoms with Crippen molar-refractivity contribution in [3.63, 3.8) is 0 Å². The van der Waals surface area contributed by atoms with E-state index in [0.29, 0.717) is 10.0 Å². The van der Waals surface area contributed by atoms with Crippen LogP contribution in [0.2, 0.25) is 10.0 Å². The third-order valence-electron chi connectivity index (χ3n) is 2.64. The van der Waals surface area contributed by atoms with E-state index in [4.69, 9.17) is 38.0 Å². The largest absolute Gasteiger partial charge is 0.491 e. The minimum absolute atomic E-state index is 0.192. The maximum Gasteiger partial charge on any atom is 0.491 e. The highest BCUT2D eigenvalue weighted by molar-refractivity contribution is 6.58. The summed E-state index contributed by atoms with van der Waals surface area (Å²) in [5, 5.41) is 18.7. The third kappa shape index (κ3) is 3.64. The highest BCUT2D eigenvalue weighted by atomic mass is 35.5. The van der Waals surface area contributed by atoms with Crippen LogP contribution in [-0.4, -0.2) is 17.2 Å². The fourth-order valence-corrected chi connectivity index (χ4v) is 1.92. The SMILES string of the molecule is OB(O)c1ccc(OCc2ccc(Cl)c(Cl)c2)cc1F. The summed E-state index contributed by atoms with van der Waals surface area (Å²) in [7, 11) is -1.85. The van der Waals surface area contributed by atoms with Gasteiger partial charge in [0.25, 0.3) is 0 Å². The molecule has 104 valence electrons. The number of hydrogen-bond donors (Lipinski definition) is 2. The molecule has 20 heavy (non-hydrogen) atoms. The molecule has 0 bridgehead atoms. The molecule has 2 rings (SSSR count). The zero-order valence-corrected chi connectivity index (χ0v) is 11.7. The van der Waals surface area contributed by atoms with Gasteiger partial charge in [0.05, 0.1) is 10.0 Å². The molecule has 0 aliphatic carbocycles. The van der Waals surface area contributed by atoms with Crippen molar-refractivity contribution >= 4 is 35.8 Å². The molecule has 3 nitrogen and oxygen atoms in total. The molecule has 0 spiro atoms. The zero-order valence-electron chi connectivity index (χ0n) is 10.2. The van der Waals surface area contributed by atoms with Gasteiger partial charge in [-0.3, -0.25) is 0 Å². The van der Waals surface area contributed by atoms with Gasteiger partial charge in [0.1, 0.15) is 18.2 Å². The summed E-state index contributed by atoms with van der Waals surface area (Å²) in [6.07, 6.45) is 0. The Bertz CT molecular complexity index is 623. The molecule has 2 aromatic carbocycles. The van der Waals surface area contributed by atoms with E-state index in [-0.39, 0.29) is 17.8 Å². The molecule has 7 heteroatoms. The summed E-state index contributed by atoms with van der Waals surface area (Å²) in [6, 6.07) is 8.85. The van der Waals surface area contributed by atoms with E-state index in [1.807, 2.05) is 0 Å². The van der Waals surface area contributed by atoms with Gasteiger partial charge in [-0.15, -0.1) is 0 Å². The summed E-state index contributed by atoms with van der Waals surface area (Å²) in [5.74, 6) is -0.468. The third-order valence-corrected chi connectivity index (χ3v) is 3.38. The highest BCUT2D eigenvalue weighted by Crippen LogP contribution is 2.23. The second-order valence-electron chi connectivity index (χ2n) is 4.09. The fourth-order valence-electron chi connectivity index (χ4n) is 1.60. The van der Waals surface area contributed by atoms with Crippen LogP contribution < -0.4 is 10.2 Å². The molecule has 0 aliphatic rings. The molecule has 0 amide bonds. The molecule has 0 radical (unpaired) electrons. The summed E-state index contributed by atoms with van der Waals surface area (Å²) < 4.78 is 18.9. The van der Waals surface area contributed by atoms with Gasteiger partial charge in [-0.1, -0.05) is 35.3 Å². The monoisotopic (exact) mass is 314 g/mol. The van der Waals surface area contributed by atoms with Crippen molar-refractivity contribution in [1.82, 2.24) is 0 Å². The predicted octanol–water partition coefficient (Wildman–Crippen LogP) is 2.39. The van der Waals surface area contributed by atoms with Crippen molar-refractivity contribution in [3.8, 4) is 5.75 Å². The van der Waals surface area contributed by atoms with E-state index < -0.39 is 12.9 Å². The lowest BCUT2D eigenvalue weighted by Crippen LogP contribution is -2.32. The Hall–Kier alpha value is -1.27. The topological polar surface area (TPSA) is 49.7 Å². The van der Waals surface area contributed by atoms with E-state index in [1.54, 1.807) is 18.2 Å². The number of hydrogen-bond acceptors (Lipinski definition) is 3. The van der Waals surface area contributed by atoms with Gasteiger partial charge < -0.3 is 14.8 Å². The molecule has 0 saturated carbocycles. The second kappa shape index (κ2) is 6.46. The van der Waals surface area contributed by atoms with E-state index in [2.05, 4.69) is 0 Å². The van der Waals surface area contributed by atoms with Gasteiger partial charge in [-0.05, 0) is 23.8 Å². The van der Waals surface area contributed by atoms with Crippen LogP contribution in [0.15, 0.2) is 36.4 Å². The van der Waals surface area contributed by atoms with Crippen molar-refractivity contribution < 1.29 is 19.2 Å². The fraction of sp³-hybridized carbons (Fsp3) is 0.0769. The minimum atomic E-state index is -1.85. The van der Waals surface area contributed by atoms with E-state index in [0.717, 1.165) is 11.6 Å². The van der Waals surface area contributed by atoms with E-state index in [9.17, 15) is 4.39 Å². The Labute approximate surface area is 125 Å². The number of rotatable bonds is 4. The molecule has 2 aromatic rings. The lowest BCUT2D eigenvalue weighted by atomic mass is 9.80. The molecule has 0 saturated heterocycles. The Kier molecular flexibility index (Phi) is 4.88. The van der Waals surface area contributed by atoms with Gasteiger partial charge in [0, 0.05) is 11.5 Å². The summed E-state index contributed by atoms with van der Waals surface area (Å²) >= 11 is 11.7. The molecule has 0 unspecified atom stereocenters. The average molecular weight is 315 g/mol. The first kappa shape index (κ1) is 15.1. The van der Waals surface area contributed by atoms with Gasteiger partial charge >= 0.3 is 7.12 Å². The molecule has 0 atom stereocenters. The highest BCUT2D eigenvalue weighted by Gasteiger charge is 2.16. The first-order valence-corrected chi connectivity index (χ1v) is 6.45. The molecular weight excluding hydrogens is 305 g/mol. The quantitative estimate of drug-likeness (QED) is 0.852. The van der Waals surface area contributed by atoms with Crippen LogP contribution in [0.25, 0.3) is 0 Å². The number of halogens is 3. The van der Waals surface area contributed by atoms with Gasteiger partial charge in [-0.25, -0.2) is 4.39 Å². The molecule has 0 aromatic heterocycles. The first-order valence-electron chi connectivity index (χ1n) is 5.69. The molecule has 0 fully saturated rings. The second-order valence-corrected chi connectivity index (χ2v) is 4.91. The van der Waals surface area contributed by atoms with Crippen molar-refractivity contribution in [3.05, 3.63) is 57.8 Å². The van der Waals surface area contributed by atoms with Crippen molar-refractivity contribution in [2.75, 3.05) is 0 Å². The van der Waals surface area contributed by atoms with Crippen LogP contribution in [0.1, 0.15) is 5.56 Å². The average Bonchev–Trinajstić information content (AvgIpc) is 2.40. The summed E-state index contributed by atoms with van der Waals surface area (Å²) in [6.45, 7) is 0.192. The minimum Gasteiger partial charge on any atom is -0.489 e. The smallest absolute Gasteiger partial charge is 0.489 e. The Morgan fingerprint density at radius 1 is 1.05 bits per heavy atom. The Morgan fingerprint density at radius 2 is 1.80 bits per heavy atom. The van der Waals surface area contributed by atoms with Crippen LogP contribution in [0.5, 0.6) is 5.75 Å². The van der Waals surface area contributed by atoms with Gasteiger partial charge in [0.2, 0.25) is 0 Å². The van der Waals surface area contributed by atoms with Crippen LogP contribution >= 0.6 is 23.2 Å². The Morgan fingerprint density at radius 3 is 2.40 bits per heavy atom. The summed E-state index contributed by atoms with van der Waals surface area (Å²) in [4.78, 5) is 0. The van der Waals surface area contributed by atoms with Crippen LogP contribution in [-0.2, 0) is 6.61 Å². The standard InChI is InChI=1S/C13H10BCl2FO3/c15-11-4-1-8(5-12(11)16)7-20-9-2-3-10(14(18)19)13(17)6-9/h1-6,18-19H,7H2. The van der Waals surface area contributed by atoms with E-state index >= 15 is 0 Å². The van der Waals surface area contributed by atoms with Crippen molar-refractivity contribution in [1.29, 1.82) is 0 Å². The van der Waals surface area contributed by atoms with Crippen LogP contribution in [0.3, 0.4) is 0 Å². The molecule has 0 heterocycles. The first-order chi connectivity index (χ1) is 9.47. The van der Waals surface area contributed by atoms with Crippen molar-refractivity contribution in [2.45, 2.75) is 6.61 Å².